The van der Waals surface area contributed by atoms with Gasteiger partial charge >= 0.3 is 0 Å². The molecule has 2 aromatic carbocycles. The number of amides is 2. The van der Waals surface area contributed by atoms with Gasteiger partial charge in [-0.05, 0) is 35.9 Å². The van der Waals surface area contributed by atoms with Crippen LogP contribution in [0.25, 0.3) is 10.9 Å². The van der Waals surface area contributed by atoms with Gasteiger partial charge in [0.1, 0.15) is 0 Å². The topological polar surface area (TPSA) is 93.1 Å². The number of halogens is 1. The van der Waals surface area contributed by atoms with Crippen molar-refractivity contribution in [2.75, 3.05) is 5.32 Å². The number of rotatable bonds is 6. The zero-order valence-corrected chi connectivity index (χ0v) is 16.8. The Kier molecular flexibility index (Phi) is 6.20. The Bertz CT molecular complexity index is 1090. The summed E-state index contributed by atoms with van der Waals surface area (Å²) in [5.41, 5.74) is 1.99. The third-order valence-electron chi connectivity index (χ3n) is 4.10. The first-order valence-corrected chi connectivity index (χ1v) is 9.49. The van der Waals surface area contributed by atoms with Crippen molar-refractivity contribution in [3.05, 3.63) is 69.2 Å². The molecule has 0 spiro atoms. The van der Waals surface area contributed by atoms with E-state index in [4.69, 9.17) is 0 Å². The van der Waals surface area contributed by atoms with Gasteiger partial charge in [-0.2, -0.15) is 0 Å². The highest BCUT2D eigenvalue weighted by Crippen LogP contribution is 2.15. The maximum absolute atomic E-state index is 12.5. The fourth-order valence-corrected chi connectivity index (χ4v) is 3.12. The molecule has 3 aromatic rings. The van der Waals surface area contributed by atoms with E-state index in [1.54, 1.807) is 24.3 Å². The smallest absolute Gasteiger partial charge is 0.261 e. The maximum Gasteiger partial charge on any atom is 0.261 e. The summed E-state index contributed by atoms with van der Waals surface area (Å²) in [5.74, 6) is -0.325. The van der Waals surface area contributed by atoms with E-state index in [0.717, 1.165) is 10.0 Å². The summed E-state index contributed by atoms with van der Waals surface area (Å²) in [6.45, 7) is 2.02. The Balaban J connectivity index is 1.59. The number of hydrogen-bond donors (Lipinski definition) is 2. The van der Waals surface area contributed by atoms with E-state index in [1.807, 2.05) is 18.2 Å². The SMILES string of the molecule is CC(=O)Nc1cccc(CNC(=O)CCn2cnc3ccc(Br)cc3c2=O)c1. The monoisotopic (exact) mass is 442 g/mol. The fraction of sp³-hybridized carbons (Fsp3) is 0.200. The summed E-state index contributed by atoms with van der Waals surface area (Å²) in [4.78, 5) is 40.1. The summed E-state index contributed by atoms with van der Waals surface area (Å²) < 4.78 is 2.24. The Labute approximate surface area is 169 Å². The number of nitrogens with one attached hydrogen (secondary N) is 2. The average Bonchev–Trinajstić information content (AvgIpc) is 2.66. The second-order valence-corrected chi connectivity index (χ2v) is 7.23. The van der Waals surface area contributed by atoms with Crippen LogP contribution in [0.4, 0.5) is 5.69 Å². The van der Waals surface area contributed by atoms with Crippen LogP contribution in [0.15, 0.2) is 58.1 Å². The molecule has 8 heteroatoms. The fourth-order valence-electron chi connectivity index (χ4n) is 2.76. The van der Waals surface area contributed by atoms with Crippen LogP contribution in [-0.4, -0.2) is 21.4 Å². The van der Waals surface area contributed by atoms with Crippen molar-refractivity contribution in [1.29, 1.82) is 0 Å². The predicted octanol–water partition coefficient (Wildman–Crippen LogP) is 2.82. The molecule has 3 rings (SSSR count). The van der Waals surface area contributed by atoms with Crippen LogP contribution in [0, 0.1) is 0 Å². The molecule has 7 nitrogen and oxygen atoms in total. The minimum Gasteiger partial charge on any atom is -0.352 e. The molecule has 28 heavy (non-hydrogen) atoms. The molecule has 0 radical (unpaired) electrons. The number of nitrogens with zero attached hydrogens (tertiary/aromatic N) is 2. The number of hydrogen-bond acceptors (Lipinski definition) is 4. The average molecular weight is 443 g/mol. The van der Waals surface area contributed by atoms with Crippen molar-refractivity contribution in [2.45, 2.75) is 26.4 Å². The summed E-state index contributed by atoms with van der Waals surface area (Å²) in [6.07, 6.45) is 1.62. The highest BCUT2D eigenvalue weighted by molar-refractivity contribution is 9.10. The Hall–Kier alpha value is -3.00. The number of aryl methyl sites for hydroxylation is 1. The summed E-state index contributed by atoms with van der Waals surface area (Å²) in [6, 6.07) is 12.6. The zero-order valence-electron chi connectivity index (χ0n) is 15.2. The molecule has 144 valence electrons. The van der Waals surface area contributed by atoms with Crippen molar-refractivity contribution < 1.29 is 9.59 Å². The van der Waals surface area contributed by atoms with Crippen molar-refractivity contribution in [2.24, 2.45) is 0 Å². The summed E-state index contributed by atoms with van der Waals surface area (Å²) in [5, 5.41) is 6.03. The molecule has 0 aliphatic heterocycles. The minimum atomic E-state index is -0.179. The second kappa shape index (κ2) is 8.79. The number of fused-ring (bicyclic) bond motifs is 1. The van der Waals surface area contributed by atoms with Crippen molar-refractivity contribution in [3.8, 4) is 0 Å². The number of carbonyl (C=O) groups excluding carboxylic acids is 2. The number of aromatic nitrogens is 2. The minimum absolute atomic E-state index is 0.150. The van der Waals surface area contributed by atoms with Gasteiger partial charge in [0.05, 0.1) is 17.2 Å². The van der Waals surface area contributed by atoms with Crippen LogP contribution >= 0.6 is 15.9 Å². The molecule has 0 saturated carbocycles. The molecule has 0 fully saturated rings. The third kappa shape index (κ3) is 5.04. The van der Waals surface area contributed by atoms with E-state index in [-0.39, 0.29) is 30.3 Å². The lowest BCUT2D eigenvalue weighted by Crippen LogP contribution is -2.27. The molecule has 1 heterocycles. The number of benzene rings is 2. The van der Waals surface area contributed by atoms with Gasteiger partial charge in [0.15, 0.2) is 0 Å². The molecule has 0 atom stereocenters. The van der Waals surface area contributed by atoms with Gasteiger partial charge in [-0.1, -0.05) is 28.1 Å². The van der Waals surface area contributed by atoms with Crippen LogP contribution in [-0.2, 0) is 22.7 Å². The predicted molar refractivity (Wildman–Crippen MR) is 111 cm³/mol. The van der Waals surface area contributed by atoms with E-state index < -0.39 is 0 Å². The van der Waals surface area contributed by atoms with Crippen molar-refractivity contribution in [1.82, 2.24) is 14.9 Å². The van der Waals surface area contributed by atoms with Gasteiger partial charge in [0, 0.05) is 36.6 Å². The zero-order chi connectivity index (χ0) is 20.1. The quantitative estimate of drug-likeness (QED) is 0.613. The summed E-state index contributed by atoms with van der Waals surface area (Å²) >= 11 is 3.35. The molecule has 2 amide bonds. The maximum atomic E-state index is 12.5. The van der Waals surface area contributed by atoms with Gasteiger partial charge in [-0.3, -0.25) is 19.0 Å². The van der Waals surface area contributed by atoms with Crippen LogP contribution in [0.1, 0.15) is 18.9 Å². The first kappa shape index (κ1) is 19.8. The first-order valence-electron chi connectivity index (χ1n) is 8.70. The van der Waals surface area contributed by atoms with Crippen LogP contribution in [0.2, 0.25) is 0 Å². The third-order valence-corrected chi connectivity index (χ3v) is 4.60. The van der Waals surface area contributed by atoms with Crippen molar-refractivity contribution in [3.63, 3.8) is 0 Å². The lowest BCUT2D eigenvalue weighted by Gasteiger charge is -2.09. The molecule has 0 bridgehead atoms. The molecule has 0 aliphatic rings. The largest absolute Gasteiger partial charge is 0.352 e. The Morgan fingerprint density at radius 3 is 2.79 bits per heavy atom. The van der Waals surface area contributed by atoms with E-state index in [2.05, 4.69) is 31.5 Å². The standard InChI is InChI=1S/C20H19BrN4O3/c1-13(26)24-16-4-2-3-14(9-16)11-22-19(27)7-8-25-12-23-18-6-5-15(21)10-17(18)20(25)28/h2-6,9-10,12H,7-8,11H2,1H3,(H,22,27)(H,24,26). The normalized spacial score (nSPS) is 10.6. The van der Waals surface area contributed by atoms with Crippen LogP contribution < -0.4 is 16.2 Å². The Morgan fingerprint density at radius 1 is 1.18 bits per heavy atom. The molecular weight excluding hydrogens is 424 g/mol. The number of carbonyl (C=O) groups is 2. The Morgan fingerprint density at radius 2 is 2.00 bits per heavy atom. The molecule has 2 N–H and O–H groups in total. The highest BCUT2D eigenvalue weighted by atomic mass is 79.9. The van der Waals surface area contributed by atoms with E-state index >= 15 is 0 Å². The number of anilines is 1. The molecule has 0 unspecified atom stereocenters. The van der Waals surface area contributed by atoms with Crippen molar-refractivity contribution >= 4 is 44.3 Å². The van der Waals surface area contributed by atoms with Gasteiger partial charge in [-0.25, -0.2) is 4.98 Å². The van der Waals surface area contributed by atoms with Gasteiger partial charge < -0.3 is 10.6 Å². The molecule has 0 aliphatic carbocycles. The molecule has 1 aromatic heterocycles. The van der Waals surface area contributed by atoms with Gasteiger partial charge in [-0.15, -0.1) is 0 Å². The van der Waals surface area contributed by atoms with Gasteiger partial charge in [0.25, 0.3) is 5.56 Å². The summed E-state index contributed by atoms with van der Waals surface area (Å²) in [7, 11) is 0. The van der Waals surface area contributed by atoms with Crippen LogP contribution in [0.5, 0.6) is 0 Å². The van der Waals surface area contributed by atoms with Gasteiger partial charge in [0.2, 0.25) is 11.8 Å². The van der Waals surface area contributed by atoms with Crippen LogP contribution in [0.3, 0.4) is 0 Å². The first-order chi connectivity index (χ1) is 13.4. The molecular formula is C20H19BrN4O3. The lowest BCUT2D eigenvalue weighted by atomic mass is 10.2. The lowest BCUT2D eigenvalue weighted by molar-refractivity contribution is -0.121. The second-order valence-electron chi connectivity index (χ2n) is 6.31. The highest BCUT2D eigenvalue weighted by Gasteiger charge is 2.07. The molecule has 0 saturated heterocycles. The van der Waals surface area contributed by atoms with E-state index in [0.29, 0.717) is 23.1 Å². The van der Waals surface area contributed by atoms with E-state index in [9.17, 15) is 14.4 Å². The van der Waals surface area contributed by atoms with E-state index in [1.165, 1.54) is 17.8 Å².